The van der Waals surface area contributed by atoms with Crippen LogP contribution < -0.4 is 0 Å². The Labute approximate surface area is 50.2 Å². The van der Waals surface area contributed by atoms with Gasteiger partial charge >= 0.3 is 0 Å². The second-order valence-electron chi connectivity index (χ2n) is 1.53. The Morgan fingerprint density at radius 1 is 1.43 bits per heavy atom. The predicted octanol–water partition coefficient (Wildman–Crippen LogP) is 2.34. The molecule has 0 aromatic rings. The summed E-state index contributed by atoms with van der Waals surface area (Å²) in [4.78, 5) is 0.988. The Kier molecular flexibility index (Phi) is 2.84. The van der Waals surface area contributed by atoms with Crippen molar-refractivity contribution in [2.45, 2.75) is 20.8 Å². The van der Waals surface area contributed by atoms with E-state index in [4.69, 9.17) is 12.2 Å². The highest BCUT2D eigenvalue weighted by Gasteiger charge is 1.84. The van der Waals surface area contributed by atoms with Crippen LogP contribution in [0.25, 0.3) is 0 Å². The van der Waals surface area contributed by atoms with Gasteiger partial charge < -0.3 is 0 Å². The van der Waals surface area contributed by atoms with Gasteiger partial charge in [0.1, 0.15) is 0 Å². The molecule has 1 heteroatoms. The summed E-state index contributed by atoms with van der Waals surface area (Å²) in [7, 11) is 0. The molecule has 0 N–H and O–H groups in total. The molecule has 40 valence electrons. The van der Waals surface area contributed by atoms with E-state index in [1.807, 2.05) is 26.8 Å². The van der Waals surface area contributed by atoms with Crippen LogP contribution in [0.5, 0.6) is 0 Å². The van der Waals surface area contributed by atoms with Crippen LogP contribution >= 0.6 is 12.2 Å². The van der Waals surface area contributed by atoms with Crippen molar-refractivity contribution < 1.29 is 0 Å². The molecule has 0 saturated heterocycles. The highest BCUT2D eigenvalue weighted by Crippen LogP contribution is 1.93. The Morgan fingerprint density at radius 3 is 1.86 bits per heavy atom. The molecule has 7 heavy (non-hydrogen) atoms. The summed E-state index contributed by atoms with van der Waals surface area (Å²) >= 11 is 4.85. The van der Waals surface area contributed by atoms with Crippen LogP contribution in [-0.2, 0) is 0 Å². The van der Waals surface area contributed by atoms with Gasteiger partial charge in [-0.1, -0.05) is 18.3 Å². The average molecular weight is 114 g/mol. The molecule has 0 saturated carbocycles. The normalized spacial score (nSPS) is 11.6. The van der Waals surface area contributed by atoms with Gasteiger partial charge in [0.2, 0.25) is 0 Å². The zero-order chi connectivity index (χ0) is 5.86. The standard InChI is InChI=1S/C6H10S/c1-4-5(2)6(3)7/h4H,1-3H3/b5-4+. The van der Waals surface area contributed by atoms with Crippen molar-refractivity contribution in [3.63, 3.8) is 0 Å². The van der Waals surface area contributed by atoms with Crippen molar-refractivity contribution in [2.75, 3.05) is 0 Å². The first kappa shape index (κ1) is 6.83. The highest BCUT2D eigenvalue weighted by atomic mass is 32.1. The van der Waals surface area contributed by atoms with E-state index in [-0.39, 0.29) is 0 Å². The smallest absolute Gasteiger partial charge is 0.0147 e. The SMILES string of the molecule is C/C=C(\C)C(C)=S. The molecular weight excluding hydrogens is 104 g/mol. The third-order valence-corrected chi connectivity index (χ3v) is 1.31. The van der Waals surface area contributed by atoms with Crippen molar-refractivity contribution in [2.24, 2.45) is 0 Å². The maximum Gasteiger partial charge on any atom is 0.0147 e. The molecule has 0 aliphatic carbocycles. The fourth-order valence-electron chi connectivity index (χ4n) is 0.203. The van der Waals surface area contributed by atoms with Gasteiger partial charge in [-0.15, -0.1) is 0 Å². The van der Waals surface area contributed by atoms with Gasteiger partial charge in [-0.2, -0.15) is 0 Å². The zero-order valence-corrected chi connectivity index (χ0v) is 5.80. The van der Waals surface area contributed by atoms with E-state index in [0.717, 1.165) is 4.86 Å². The molecule has 0 spiro atoms. The molecule has 0 aromatic carbocycles. The van der Waals surface area contributed by atoms with Crippen LogP contribution in [0.15, 0.2) is 11.6 Å². The maximum absolute atomic E-state index is 4.85. The molecule has 0 rings (SSSR count). The lowest BCUT2D eigenvalue weighted by Gasteiger charge is -1.89. The van der Waals surface area contributed by atoms with Gasteiger partial charge in [0.15, 0.2) is 0 Å². The molecule has 0 unspecified atom stereocenters. The van der Waals surface area contributed by atoms with Gasteiger partial charge in [-0.25, -0.2) is 0 Å². The van der Waals surface area contributed by atoms with E-state index in [2.05, 4.69) is 0 Å². The average Bonchev–Trinajstić information content (AvgIpc) is 1.65. The van der Waals surface area contributed by atoms with Crippen LogP contribution in [0.4, 0.5) is 0 Å². The fraction of sp³-hybridized carbons (Fsp3) is 0.500. The molecule has 0 atom stereocenters. The van der Waals surface area contributed by atoms with Gasteiger partial charge in [-0.05, 0) is 26.3 Å². The van der Waals surface area contributed by atoms with Crippen LogP contribution in [0, 0.1) is 0 Å². The first-order valence-corrected chi connectivity index (χ1v) is 2.73. The molecular formula is C6H10S. The maximum atomic E-state index is 4.85. The second kappa shape index (κ2) is 2.92. The zero-order valence-electron chi connectivity index (χ0n) is 4.99. The van der Waals surface area contributed by atoms with E-state index in [1.54, 1.807) is 0 Å². The Morgan fingerprint density at radius 2 is 1.86 bits per heavy atom. The van der Waals surface area contributed by atoms with Crippen molar-refractivity contribution in [3.8, 4) is 0 Å². The van der Waals surface area contributed by atoms with E-state index in [1.165, 1.54) is 5.57 Å². The molecule has 0 bridgehead atoms. The fourth-order valence-corrected chi connectivity index (χ4v) is 0.321. The molecule has 0 amide bonds. The van der Waals surface area contributed by atoms with E-state index in [0.29, 0.717) is 0 Å². The summed E-state index contributed by atoms with van der Waals surface area (Å²) in [5.41, 5.74) is 1.20. The summed E-state index contributed by atoms with van der Waals surface area (Å²) in [6.45, 7) is 5.94. The van der Waals surface area contributed by atoms with Crippen molar-refractivity contribution >= 4 is 17.1 Å². The molecule has 0 aliphatic rings. The first-order chi connectivity index (χ1) is 3.18. The minimum atomic E-state index is 0.988. The summed E-state index contributed by atoms with van der Waals surface area (Å²) in [5.74, 6) is 0. The van der Waals surface area contributed by atoms with Crippen LogP contribution in [-0.4, -0.2) is 4.86 Å². The van der Waals surface area contributed by atoms with E-state index >= 15 is 0 Å². The van der Waals surface area contributed by atoms with Crippen molar-refractivity contribution in [1.82, 2.24) is 0 Å². The minimum absolute atomic E-state index is 0.988. The third kappa shape index (κ3) is 2.52. The highest BCUT2D eigenvalue weighted by molar-refractivity contribution is 7.80. The lowest BCUT2D eigenvalue weighted by molar-refractivity contribution is 1.53. The van der Waals surface area contributed by atoms with E-state index < -0.39 is 0 Å². The Balaban J connectivity index is 3.82. The lowest BCUT2D eigenvalue weighted by atomic mass is 10.2. The summed E-state index contributed by atoms with van der Waals surface area (Å²) < 4.78 is 0. The number of allylic oxidation sites excluding steroid dienone is 2. The van der Waals surface area contributed by atoms with Gasteiger partial charge in [0.25, 0.3) is 0 Å². The predicted molar refractivity (Wildman–Crippen MR) is 37.7 cm³/mol. The molecule has 0 heterocycles. The quantitative estimate of drug-likeness (QED) is 0.372. The number of hydrogen-bond acceptors (Lipinski definition) is 1. The van der Waals surface area contributed by atoms with Gasteiger partial charge in [0.05, 0.1) is 0 Å². The topological polar surface area (TPSA) is 0 Å². The van der Waals surface area contributed by atoms with Crippen LogP contribution in [0.3, 0.4) is 0 Å². The van der Waals surface area contributed by atoms with Crippen LogP contribution in [0.1, 0.15) is 20.8 Å². The number of rotatable bonds is 1. The third-order valence-electron chi connectivity index (χ3n) is 0.988. The second-order valence-corrected chi connectivity index (χ2v) is 2.14. The Hall–Kier alpha value is -0.170. The summed E-state index contributed by atoms with van der Waals surface area (Å²) in [6, 6.07) is 0. The Bertz CT molecular complexity index is 101. The van der Waals surface area contributed by atoms with Crippen LogP contribution in [0.2, 0.25) is 0 Å². The molecule has 0 fully saturated rings. The largest absolute Gasteiger partial charge is 0.0850 e. The number of thiocarbonyl (C=S) groups is 1. The van der Waals surface area contributed by atoms with Gasteiger partial charge in [-0.3, -0.25) is 0 Å². The lowest BCUT2D eigenvalue weighted by Crippen LogP contribution is -1.84. The van der Waals surface area contributed by atoms with Crippen molar-refractivity contribution in [3.05, 3.63) is 11.6 Å². The van der Waals surface area contributed by atoms with Crippen molar-refractivity contribution in [1.29, 1.82) is 0 Å². The van der Waals surface area contributed by atoms with Gasteiger partial charge in [0, 0.05) is 4.86 Å². The summed E-state index contributed by atoms with van der Waals surface area (Å²) in [6.07, 6.45) is 2.02. The molecule has 0 radical (unpaired) electrons. The molecule has 0 aromatic heterocycles. The number of hydrogen-bond donors (Lipinski definition) is 0. The monoisotopic (exact) mass is 114 g/mol. The molecule has 0 nitrogen and oxygen atoms in total. The minimum Gasteiger partial charge on any atom is -0.0850 e. The molecule has 0 aliphatic heterocycles. The van der Waals surface area contributed by atoms with E-state index in [9.17, 15) is 0 Å². The first-order valence-electron chi connectivity index (χ1n) is 2.32. The summed E-state index contributed by atoms with van der Waals surface area (Å²) in [5, 5.41) is 0.